The lowest BCUT2D eigenvalue weighted by atomic mass is 9.79. The number of nitrogens with zero attached hydrogens (tertiary/aromatic N) is 3. The predicted octanol–water partition coefficient (Wildman–Crippen LogP) is 5.71. The number of hydrogen-bond donors (Lipinski definition) is 0. The van der Waals surface area contributed by atoms with Gasteiger partial charge in [-0.25, -0.2) is 19.4 Å². The van der Waals surface area contributed by atoms with Crippen molar-refractivity contribution in [2.75, 3.05) is 33.0 Å². The lowest BCUT2D eigenvalue weighted by Crippen LogP contribution is -2.64. The highest BCUT2D eigenvalue weighted by molar-refractivity contribution is 8.04. The molecule has 15 heteroatoms. The summed E-state index contributed by atoms with van der Waals surface area (Å²) >= 11 is 2.76. The Labute approximate surface area is 284 Å². The van der Waals surface area contributed by atoms with Crippen molar-refractivity contribution in [3.05, 3.63) is 59.6 Å². The quantitative estimate of drug-likeness (QED) is 0.0730. The fourth-order valence-electron chi connectivity index (χ4n) is 6.12. The monoisotopic (exact) mass is 705 g/mol. The number of aromatic nitrogens is 1. The van der Waals surface area contributed by atoms with E-state index in [1.807, 2.05) is 19.2 Å². The van der Waals surface area contributed by atoms with Gasteiger partial charge in [-0.15, -0.1) is 11.3 Å². The van der Waals surface area contributed by atoms with Crippen LogP contribution in [0.4, 0.5) is 9.59 Å². The maximum absolute atomic E-state index is 13.5. The molecule has 256 valence electrons. The normalized spacial score (nSPS) is 24.3. The maximum Gasteiger partial charge on any atom is 0.508 e. The van der Waals surface area contributed by atoms with E-state index >= 15 is 0 Å². The van der Waals surface area contributed by atoms with Gasteiger partial charge in [0.25, 0.3) is 0 Å². The molecule has 0 radical (unpaired) electrons. The molecule has 47 heavy (non-hydrogen) atoms. The number of amides is 2. The number of thiazole rings is 1. The highest BCUT2D eigenvalue weighted by Gasteiger charge is 2.61. The van der Waals surface area contributed by atoms with Gasteiger partial charge in [-0.1, -0.05) is 56.7 Å². The molecule has 1 aromatic heterocycles. The average molecular weight is 706 g/mol. The van der Waals surface area contributed by atoms with Crippen LogP contribution in [0.5, 0.6) is 0 Å². The lowest BCUT2D eigenvalue weighted by molar-refractivity contribution is -0.163. The van der Waals surface area contributed by atoms with Crippen LogP contribution in [0.15, 0.2) is 58.3 Å². The molecule has 0 aliphatic carbocycles. The Bertz CT molecular complexity index is 1420. The largest absolute Gasteiger partial charge is 0.508 e. The van der Waals surface area contributed by atoms with Gasteiger partial charge in [-0.3, -0.25) is 4.79 Å². The van der Waals surface area contributed by atoms with E-state index in [4.69, 9.17) is 28.4 Å². The molecule has 0 aromatic carbocycles. The van der Waals surface area contributed by atoms with Gasteiger partial charge in [0.15, 0.2) is 12.7 Å². The van der Waals surface area contributed by atoms with Crippen molar-refractivity contribution in [1.29, 1.82) is 0 Å². The molecule has 0 N–H and O–H groups in total. The molecule has 0 bridgehead atoms. The molecule has 0 unspecified atom stereocenters. The van der Waals surface area contributed by atoms with Crippen molar-refractivity contribution < 1.29 is 42.6 Å². The molecule has 2 amide bonds. The zero-order chi connectivity index (χ0) is 34.5. The molecule has 0 spiro atoms. The summed E-state index contributed by atoms with van der Waals surface area (Å²) in [5.41, 5.74) is 0.997. The van der Waals surface area contributed by atoms with Crippen LogP contribution in [0.3, 0.4) is 0 Å². The van der Waals surface area contributed by atoms with Gasteiger partial charge < -0.3 is 33.2 Å². The number of hydrogen-bond acceptors (Lipinski definition) is 12. The van der Waals surface area contributed by atoms with Gasteiger partial charge in [0.1, 0.15) is 32.1 Å². The third kappa shape index (κ3) is 8.37. The second kappa shape index (κ2) is 15.7. The van der Waals surface area contributed by atoms with Crippen LogP contribution in [0, 0.1) is 11.8 Å². The fourth-order valence-corrected chi connectivity index (χ4v) is 9.56. The number of likely N-dealkylation sites (tertiary alicyclic amines) is 1. The van der Waals surface area contributed by atoms with E-state index in [1.54, 1.807) is 4.90 Å². The minimum atomic E-state index is -1.92. The first-order chi connectivity index (χ1) is 22.3. The Morgan fingerprint density at radius 3 is 2.40 bits per heavy atom. The van der Waals surface area contributed by atoms with Crippen molar-refractivity contribution in [2.45, 2.75) is 68.4 Å². The second-order valence-electron chi connectivity index (χ2n) is 12.5. The number of carbonyl (C=O) groups is 4. The molecule has 3 aliphatic rings. The summed E-state index contributed by atoms with van der Waals surface area (Å²) in [6, 6.07) is -0.687. The summed E-state index contributed by atoms with van der Waals surface area (Å²) in [4.78, 5) is 60.3. The minimum absolute atomic E-state index is 0.0117. The fraction of sp³-hybridized carbons (Fsp3) is 0.531. The Balaban J connectivity index is 1.53. The van der Waals surface area contributed by atoms with Gasteiger partial charge in [0.2, 0.25) is 5.91 Å². The Morgan fingerprint density at radius 1 is 1.09 bits per heavy atom. The van der Waals surface area contributed by atoms with Crippen LogP contribution in [-0.4, -0.2) is 98.4 Å². The summed E-state index contributed by atoms with van der Waals surface area (Å²) in [7, 11) is -1.92. The van der Waals surface area contributed by atoms with Crippen LogP contribution in [0.25, 0.3) is 0 Å². The number of fused-ring (bicyclic) bond motifs is 1. The van der Waals surface area contributed by atoms with E-state index in [0.717, 1.165) is 5.69 Å². The average Bonchev–Trinajstić information content (AvgIpc) is 3.71. The number of ether oxygens (including phenoxy) is 4. The van der Waals surface area contributed by atoms with Gasteiger partial charge in [0, 0.05) is 28.7 Å². The molecule has 3 aliphatic heterocycles. The molecular weight excluding hydrogens is 663 g/mol. The van der Waals surface area contributed by atoms with Crippen molar-refractivity contribution in [1.82, 2.24) is 14.8 Å². The number of rotatable bonds is 15. The van der Waals surface area contributed by atoms with Crippen molar-refractivity contribution in [3.63, 3.8) is 0 Å². The number of thioether (sulfide) groups is 1. The first kappa shape index (κ1) is 36.4. The zero-order valence-corrected chi connectivity index (χ0v) is 30.1. The summed E-state index contributed by atoms with van der Waals surface area (Å²) in [6.45, 7) is 21.2. The third-order valence-electron chi connectivity index (χ3n) is 7.96. The molecule has 12 nitrogen and oxygen atoms in total. The lowest BCUT2D eigenvalue weighted by Gasteiger charge is -2.48. The molecule has 0 saturated carbocycles. The summed E-state index contributed by atoms with van der Waals surface area (Å²) < 4.78 is 27.8. The number of β-lactam (4-membered cyclic amide) rings is 1. The van der Waals surface area contributed by atoms with E-state index in [0.29, 0.717) is 22.2 Å². The summed E-state index contributed by atoms with van der Waals surface area (Å²) in [6.07, 6.45) is 3.18. The molecule has 2 saturated heterocycles. The van der Waals surface area contributed by atoms with E-state index in [1.165, 1.54) is 46.2 Å². The molecule has 6 atom stereocenters. The second-order valence-corrected chi connectivity index (χ2v) is 19.1. The Morgan fingerprint density at radius 2 is 1.74 bits per heavy atom. The highest BCUT2D eigenvalue weighted by atomic mass is 32.2. The Kier molecular flexibility index (Phi) is 12.1. The standard InChI is InChI=1S/C32H43N3O9S2Si/c1-9-12-40-29(37)26-27(19(4)25-24(28(36)35(25)26)20(5)44-47(6,7)8)46-30-33-23(18-45-30)21-15-22(17-43-32(39)42-14-11-3)34(16-21)31(38)41-13-10-2/h9-11,18-22,24-25H,1-3,12-17H2,4-8H3/t19-,20-,21-,22+,24-,25-/m1/s1. The summed E-state index contributed by atoms with van der Waals surface area (Å²) in [5.74, 6) is -1.42. The SMILES string of the molecule is C=CCOC(=O)OC[C@@H]1C[C@@H](c2csc(SC3=C(C(=O)OCC=C)N4C(=O)[C@H]([C@@H](C)O[Si](C)(C)C)[C@H]4[C@H]3C)n2)CN1C(=O)OCC=C. The first-order valence-electron chi connectivity index (χ1n) is 15.4. The molecule has 1 aromatic rings. The van der Waals surface area contributed by atoms with Crippen LogP contribution in [0.2, 0.25) is 19.6 Å². The van der Waals surface area contributed by atoms with E-state index in [2.05, 4.69) is 39.4 Å². The number of esters is 1. The van der Waals surface area contributed by atoms with Crippen molar-refractivity contribution in [2.24, 2.45) is 11.8 Å². The van der Waals surface area contributed by atoms with Gasteiger partial charge in [-0.05, 0) is 33.0 Å². The third-order valence-corrected chi connectivity index (χ3v) is 11.3. The molecule has 4 rings (SSSR count). The van der Waals surface area contributed by atoms with Crippen LogP contribution >= 0.6 is 23.1 Å². The van der Waals surface area contributed by atoms with Crippen LogP contribution < -0.4 is 0 Å². The first-order valence-corrected chi connectivity index (χ1v) is 20.5. The maximum atomic E-state index is 13.5. The molecule has 2 fully saturated rings. The van der Waals surface area contributed by atoms with Crippen LogP contribution in [0.1, 0.15) is 31.9 Å². The minimum Gasteiger partial charge on any atom is -0.457 e. The topological polar surface area (TPSA) is 134 Å². The smallest absolute Gasteiger partial charge is 0.457 e. The van der Waals surface area contributed by atoms with Crippen LogP contribution in [-0.2, 0) is 33.0 Å². The van der Waals surface area contributed by atoms with E-state index in [-0.39, 0.29) is 67.9 Å². The van der Waals surface area contributed by atoms with Crippen molar-refractivity contribution >= 4 is 55.5 Å². The predicted molar refractivity (Wildman–Crippen MR) is 180 cm³/mol. The zero-order valence-electron chi connectivity index (χ0n) is 27.5. The molecular formula is C32H43N3O9S2Si. The van der Waals surface area contributed by atoms with Gasteiger partial charge >= 0.3 is 18.2 Å². The highest BCUT2D eigenvalue weighted by Crippen LogP contribution is 2.53. The van der Waals surface area contributed by atoms with Gasteiger partial charge in [0.05, 0.1) is 29.8 Å². The number of carbonyl (C=O) groups excluding carboxylic acids is 4. The Hall–Kier alpha value is -3.40. The molecule has 4 heterocycles. The van der Waals surface area contributed by atoms with Crippen molar-refractivity contribution in [3.8, 4) is 0 Å². The van der Waals surface area contributed by atoms with E-state index in [9.17, 15) is 19.2 Å². The van der Waals surface area contributed by atoms with Gasteiger partial charge in [-0.2, -0.15) is 0 Å². The summed E-state index contributed by atoms with van der Waals surface area (Å²) in [5, 5.41) is 1.92. The van der Waals surface area contributed by atoms with E-state index < -0.39 is 32.6 Å².